The molecule has 1 aliphatic heterocycles. The van der Waals surface area contributed by atoms with Crippen LogP contribution in [0.2, 0.25) is 0 Å². The number of unbranched alkanes of at least 4 members (excludes halogenated alkanes) is 2. The van der Waals surface area contributed by atoms with Crippen LogP contribution in [0.1, 0.15) is 193 Å². The van der Waals surface area contributed by atoms with Crippen LogP contribution in [-0.2, 0) is 76.7 Å². The van der Waals surface area contributed by atoms with Crippen LogP contribution in [0.3, 0.4) is 0 Å². The van der Waals surface area contributed by atoms with E-state index in [4.69, 9.17) is 106 Å². The van der Waals surface area contributed by atoms with Gasteiger partial charge in [-0.2, -0.15) is 11.8 Å². The molecule has 54 heteroatoms. The molecule has 0 aliphatic carbocycles. The van der Waals surface area contributed by atoms with Crippen molar-refractivity contribution in [2.75, 3.05) is 97.6 Å². The molecule has 1 heterocycles. The van der Waals surface area contributed by atoms with E-state index in [1.165, 1.54) is 18.7 Å². The molecule has 0 aromatic carbocycles. The zero-order valence-corrected chi connectivity index (χ0v) is 80.3. The number of Topliss-reactive ketones (excluding diaryl/α,β-unsaturated/α-hetero) is 6. The first-order valence-corrected chi connectivity index (χ1v) is 47.6. The van der Waals surface area contributed by atoms with Gasteiger partial charge in [0.15, 0.2) is 88.3 Å². The average Bonchev–Trinajstić information content (AvgIpc) is 1.32. The van der Waals surface area contributed by atoms with Crippen LogP contribution >= 0.6 is 11.8 Å². The number of nitrogens with zero attached hydrogens (tertiary/aromatic N) is 1. The number of carbonyl (C=O) groups is 16. The number of guanidine groups is 9. The van der Waals surface area contributed by atoms with Gasteiger partial charge >= 0.3 is 0 Å². The van der Waals surface area contributed by atoms with Crippen molar-refractivity contribution in [2.24, 2.45) is 92.8 Å². The Balaban J connectivity index is 4.10. The molecule has 0 spiro atoms. The largest absolute Gasteiger partial charge is 0.370 e. The molecule has 0 saturated heterocycles. The minimum atomic E-state index is -1.50. The summed E-state index contributed by atoms with van der Waals surface area (Å²) in [4.78, 5) is 226. The summed E-state index contributed by atoms with van der Waals surface area (Å²) in [5.74, 6) is -21.6. The van der Waals surface area contributed by atoms with Crippen LogP contribution < -0.4 is 148 Å². The highest BCUT2D eigenvalue weighted by molar-refractivity contribution is 7.98. The number of hydrogen-bond acceptors (Lipinski definition) is 27. The molecule has 46 N–H and O–H groups in total. The number of imide groups is 1. The number of amides is 10. The van der Waals surface area contributed by atoms with Gasteiger partial charge < -0.3 is 148 Å². The van der Waals surface area contributed by atoms with Crippen molar-refractivity contribution in [2.45, 2.75) is 229 Å². The normalized spacial score (nSPS) is 14.0. The molecular formula is C84H153N37O16S. The first kappa shape index (κ1) is 122. The quantitative estimate of drug-likeness (QED) is 0.0116. The summed E-state index contributed by atoms with van der Waals surface area (Å²) in [6, 6.07) is -7.63. The van der Waals surface area contributed by atoms with E-state index in [1.54, 1.807) is 7.05 Å². The highest BCUT2D eigenvalue weighted by Gasteiger charge is 2.38. The molecule has 0 bridgehead atoms. The predicted molar refractivity (Wildman–Crippen MR) is 522 cm³/mol. The molecule has 0 fully saturated rings. The maximum absolute atomic E-state index is 15.3. The second-order valence-corrected chi connectivity index (χ2v) is 34.6. The summed E-state index contributed by atoms with van der Waals surface area (Å²) in [7, 11) is 1.62. The topological polar surface area (TPSA) is 956 Å². The zero-order valence-electron chi connectivity index (χ0n) is 79.4. The van der Waals surface area contributed by atoms with Crippen molar-refractivity contribution in [1.82, 2.24) is 95.3 Å². The molecule has 0 aromatic heterocycles. The van der Waals surface area contributed by atoms with Gasteiger partial charge in [-0.05, 0) is 148 Å². The second kappa shape index (κ2) is 70.1. The van der Waals surface area contributed by atoms with Gasteiger partial charge in [0.05, 0.1) is 36.8 Å². The Hall–Kier alpha value is -13.6. The van der Waals surface area contributed by atoms with Crippen molar-refractivity contribution in [3.63, 3.8) is 0 Å². The number of likely N-dealkylation sites (N-methyl/N-ethyl adjacent to an activating group) is 1. The molecule has 12 atom stereocenters. The van der Waals surface area contributed by atoms with Gasteiger partial charge in [-0.1, -0.05) is 13.3 Å². The minimum absolute atomic E-state index is 0.0000845. The van der Waals surface area contributed by atoms with E-state index in [0.29, 0.717) is 18.6 Å². The highest BCUT2D eigenvalue weighted by atomic mass is 32.2. The SMILES string of the molecule is CN[C@@H](CSC)C(=O)C[C@@H](C)C(=O)NCC(=O)C[C@H](CCCNC(=N)N)C(=O)N[C@H](CCCNC(=N)N)C(=O)C[C@H](CCCNC(=N)N)C(=O)N[C@H](CCCNC(=N)N)C(=O)C[C@H](CCCNC(=N)N)C(=O)N[C@H](CCCNC(=N)N)C(=O)C[C@H](CCCNC(=N)N)C(=O)N[C@H](CCCNC(=N)N)C(=O)C[C@H](CCCCNC(=N)N)C(=O)N[C@H](CCCCNC(=O)CCN1C(=O)C=CC1=O)C(N)=O. The summed E-state index contributed by atoms with van der Waals surface area (Å²) in [5.41, 5.74) is 56.3. The van der Waals surface area contributed by atoms with E-state index in [2.05, 4.69) is 90.4 Å². The molecule has 1 aliphatic rings. The Kier molecular flexibility index (Phi) is 62.2. The van der Waals surface area contributed by atoms with Crippen molar-refractivity contribution in [3.8, 4) is 0 Å². The number of primary amides is 1. The predicted octanol–water partition coefficient (Wildman–Crippen LogP) is -7.20. The molecule has 10 amide bonds. The lowest BCUT2D eigenvalue weighted by molar-refractivity contribution is -0.137. The van der Waals surface area contributed by atoms with E-state index in [-0.39, 0.29) is 231 Å². The van der Waals surface area contributed by atoms with Crippen molar-refractivity contribution in [3.05, 3.63) is 12.2 Å². The molecule has 0 unspecified atom stereocenters. The molecule has 776 valence electrons. The molecule has 1 rings (SSSR count). The number of thioether (sulfide) groups is 1. The summed E-state index contributed by atoms with van der Waals surface area (Å²) in [6.07, 6.45) is 1.25. The first-order valence-electron chi connectivity index (χ1n) is 46.2. The van der Waals surface area contributed by atoms with Crippen LogP contribution in [0.5, 0.6) is 0 Å². The van der Waals surface area contributed by atoms with Crippen LogP contribution in [0, 0.1) is 84.2 Å². The van der Waals surface area contributed by atoms with Gasteiger partial charge in [0.25, 0.3) is 11.8 Å². The third kappa shape index (κ3) is 56.7. The van der Waals surface area contributed by atoms with Gasteiger partial charge in [0.2, 0.25) is 47.3 Å². The van der Waals surface area contributed by atoms with Crippen LogP contribution in [0.25, 0.3) is 0 Å². The van der Waals surface area contributed by atoms with Crippen molar-refractivity contribution in [1.29, 1.82) is 48.7 Å². The lowest BCUT2D eigenvalue weighted by Crippen LogP contribution is -2.49. The van der Waals surface area contributed by atoms with E-state index in [1.807, 2.05) is 6.26 Å². The summed E-state index contributed by atoms with van der Waals surface area (Å²) >= 11 is 1.44. The number of carbonyl (C=O) groups excluding carboxylic acids is 16. The fraction of sp³-hybridized carbons (Fsp3) is 0.679. The van der Waals surface area contributed by atoms with Gasteiger partial charge in [-0.25, -0.2) is 0 Å². The molecule has 138 heavy (non-hydrogen) atoms. The fourth-order valence-corrected chi connectivity index (χ4v) is 15.4. The van der Waals surface area contributed by atoms with Crippen molar-refractivity contribution < 1.29 is 76.7 Å². The maximum Gasteiger partial charge on any atom is 0.253 e. The lowest BCUT2D eigenvalue weighted by Gasteiger charge is -2.27. The number of rotatable bonds is 79. The summed E-state index contributed by atoms with van der Waals surface area (Å²) < 4.78 is 0. The number of nitrogens with two attached hydrogens (primary N) is 10. The smallest absolute Gasteiger partial charge is 0.253 e. The van der Waals surface area contributed by atoms with Crippen LogP contribution in [0.4, 0.5) is 0 Å². The first-order chi connectivity index (χ1) is 65.3. The van der Waals surface area contributed by atoms with Gasteiger partial charge in [-0.3, -0.25) is 130 Å². The summed E-state index contributed by atoms with van der Waals surface area (Å²) in [6.45, 7) is 1.18. The van der Waals surface area contributed by atoms with E-state index >= 15 is 28.8 Å². The Morgan fingerprint density at radius 2 is 0.558 bits per heavy atom. The number of nitrogens with one attached hydrogen (secondary N) is 26. The lowest BCUT2D eigenvalue weighted by atomic mass is 9.88. The van der Waals surface area contributed by atoms with Crippen molar-refractivity contribution >= 4 is 159 Å². The van der Waals surface area contributed by atoms with Crippen LogP contribution in [0.15, 0.2) is 12.2 Å². The Morgan fingerprint density at radius 1 is 0.312 bits per heavy atom. The molecular weight excluding hydrogens is 1820 g/mol. The molecule has 0 saturated carbocycles. The molecule has 53 nitrogen and oxygen atoms in total. The second-order valence-electron chi connectivity index (χ2n) is 33.7. The third-order valence-corrected chi connectivity index (χ3v) is 22.9. The highest BCUT2D eigenvalue weighted by Crippen LogP contribution is 2.25. The Labute approximate surface area is 808 Å². The minimum Gasteiger partial charge on any atom is -0.370 e. The van der Waals surface area contributed by atoms with Gasteiger partial charge in [0, 0.05) is 170 Å². The van der Waals surface area contributed by atoms with E-state index < -0.39 is 240 Å². The average molecular weight is 1970 g/mol. The zero-order chi connectivity index (χ0) is 104. The number of hydrogen-bond donors (Lipinski definition) is 36. The Morgan fingerprint density at radius 3 is 0.841 bits per heavy atom. The maximum atomic E-state index is 15.3. The fourth-order valence-electron chi connectivity index (χ4n) is 14.7. The van der Waals surface area contributed by atoms with Crippen LogP contribution in [-0.4, -0.2) is 286 Å². The summed E-state index contributed by atoms with van der Waals surface area (Å²) in [5, 5.41) is 116. The van der Waals surface area contributed by atoms with Gasteiger partial charge in [-0.15, -0.1) is 0 Å². The third-order valence-electron chi connectivity index (χ3n) is 22.2. The Bertz CT molecular complexity index is 4120. The standard InChI is InChI=1S/C84H153N37O16S/c1-48(40-61(123)60(104-2)47-138-3)70(132)115-46-54(122)41-49(17-8-31-107-77(88)89)71(133)116-55(22-12-35-111-81(96)97)63(125)43-51(18-9-32-108-78(90)91)73(135)118-57(24-14-37-113-83(100)101)65(127)45-53(20-11-34-110-80(94)95)74(136)119-58(25-15-38-114-84(102)103)64(126)44-52(19-10-33-109-79(92)93)72(134)117-56(23-13-36-112-82(98)99)62(124)42-50(16-4-6-30-106-76(86)87)75(137)120-59(69(85)131)21-5-7-29-105-66(128)28-39-121-67(129)26-27-68(121)130/h26-27,48-53,55-60,104H,4-25,28-47H2,1-3H3,(H2,85,131)(H,105,128)(H,115,132)(H,116,133)(H,117,134)(H,118,135)(H,119,136)(H,120,137)(H4,86,87,106)(H4,88,89,107)(H4,90,91,108)(H4,92,93,109)(H4,94,95,110)(H4,96,97,111)(H4,98,99,112)(H4,100,101,113)(H4,102,103,114)/t48-,49+,50+,51+,52+,53+,55-,56-,57-,58-,59-,60+/m1/s1. The monoisotopic (exact) mass is 1970 g/mol. The van der Waals surface area contributed by atoms with E-state index in [9.17, 15) is 47.9 Å². The molecule has 0 radical (unpaired) electrons. The van der Waals surface area contributed by atoms with Gasteiger partial charge in [0.1, 0.15) is 6.04 Å². The van der Waals surface area contributed by atoms with E-state index in [0.717, 1.165) is 17.1 Å². The number of ketones is 6. The molecule has 0 aromatic rings.